The molecule has 1 fully saturated rings. The highest BCUT2D eigenvalue weighted by molar-refractivity contribution is 5.50. The lowest BCUT2D eigenvalue weighted by atomic mass is 9.64. The third-order valence-electron chi connectivity index (χ3n) is 5.41. The predicted molar refractivity (Wildman–Crippen MR) is 102 cm³/mol. The molecule has 3 rings (SSSR count). The summed E-state index contributed by atoms with van der Waals surface area (Å²) in [6.45, 7) is 6.26. The molecule has 1 aliphatic carbocycles. The summed E-state index contributed by atoms with van der Waals surface area (Å²) in [6.07, 6.45) is -1.59. The molecular formula is C19H24F4N6O. The van der Waals surface area contributed by atoms with Crippen LogP contribution in [0.2, 0.25) is 0 Å². The van der Waals surface area contributed by atoms with Crippen LogP contribution in [0.5, 0.6) is 0 Å². The highest BCUT2D eigenvalue weighted by Gasteiger charge is 2.48. The first-order valence-electron chi connectivity index (χ1n) is 9.41. The Kier molecular flexibility index (Phi) is 5.61. The smallest absolute Gasteiger partial charge is 0.392 e. The molecule has 0 saturated heterocycles. The number of alkyl halides is 4. The van der Waals surface area contributed by atoms with Gasteiger partial charge in [-0.05, 0) is 20.3 Å². The number of anilines is 2. The van der Waals surface area contributed by atoms with Crippen molar-refractivity contribution in [1.29, 1.82) is 0 Å². The number of aromatic nitrogens is 4. The van der Waals surface area contributed by atoms with E-state index >= 15 is 0 Å². The van der Waals surface area contributed by atoms with Gasteiger partial charge < -0.3 is 15.7 Å². The fraction of sp³-hybridized carbons (Fsp3) is 0.579. The van der Waals surface area contributed by atoms with Gasteiger partial charge in [-0.15, -0.1) is 0 Å². The van der Waals surface area contributed by atoms with Crippen LogP contribution in [0.15, 0.2) is 18.7 Å². The van der Waals surface area contributed by atoms with Crippen LogP contribution in [-0.4, -0.2) is 37.2 Å². The van der Waals surface area contributed by atoms with Crippen LogP contribution in [-0.2, 0) is 18.4 Å². The van der Waals surface area contributed by atoms with Gasteiger partial charge in [0.05, 0.1) is 11.8 Å². The molecule has 3 N–H and O–H groups in total. The fourth-order valence-electron chi connectivity index (χ4n) is 3.29. The van der Waals surface area contributed by atoms with E-state index in [1.165, 1.54) is 26.4 Å². The van der Waals surface area contributed by atoms with Crippen LogP contribution in [0.1, 0.15) is 50.9 Å². The number of aliphatic hydroxyl groups excluding tert-OH is 1. The van der Waals surface area contributed by atoms with Gasteiger partial charge in [-0.1, -0.05) is 13.8 Å². The molecule has 1 saturated carbocycles. The number of rotatable bonds is 6. The predicted octanol–water partition coefficient (Wildman–Crippen LogP) is 3.67. The van der Waals surface area contributed by atoms with Crippen LogP contribution in [0.3, 0.4) is 0 Å². The average molecular weight is 428 g/mol. The number of halogens is 4. The molecule has 0 bridgehead atoms. The highest BCUT2D eigenvalue weighted by atomic mass is 19.4. The summed E-state index contributed by atoms with van der Waals surface area (Å²) >= 11 is 0. The maximum absolute atomic E-state index is 14.3. The van der Waals surface area contributed by atoms with Crippen LogP contribution in [0.4, 0.5) is 29.3 Å². The molecule has 1 unspecified atom stereocenters. The van der Waals surface area contributed by atoms with Crippen molar-refractivity contribution in [2.75, 3.05) is 10.6 Å². The van der Waals surface area contributed by atoms with E-state index in [1.807, 2.05) is 0 Å². The van der Waals surface area contributed by atoms with Gasteiger partial charge in [0.15, 0.2) is 0 Å². The molecule has 2 aromatic heterocycles. The number of nitrogens with zero attached hydrogens (tertiary/aromatic N) is 4. The fourth-order valence-corrected chi connectivity index (χ4v) is 3.29. The minimum absolute atomic E-state index is 0.0297. The first kappa shape index (κ1) is 22.1. The van der Waals surface area contributed by atoms with E-state index in [2.05, 4.69) is 30.6 Å². The van der Waals surface area contributed by atoms with Gasteiger partial charge in [-0.2, -0.15) is 18.2 Å². The van der Waals surface area contributed by atoms with Crippen molar-refractivity contribution in [2.45, 2.75) is 64.7 Å². The maximum atomic E-state index is 14.3. The topological polar surface area (TPSA) is 95.9 Å². The molecule has 30 heavy (non-hydrogen) atoms. The Hall–Kier alpha value is -2.56. The Bertz CT molecular complexity index is 913. The number of hydrogen-bond acceptors (Lipinski definition) is 7. The van der Waals surface area contributed by atoms with E-state index in [0.29, 0.717) is 18.2 Å². The number of hydrogen-bond donors (Lipinski definition) is 3. The van der Waals surface area contributed by atoms with E-state index in [-0.39, 0.29) is 30.0 Å². The largest absolute Gasteiger partial charge is 0.421 e. The maximum Gasteiger partial charge on any atom is 0.421 e. The zero-order valence-corrected chi connectivity index (χ0v) is 17.0. The molecule has 0 aliphatic heterocycles. The van der Waals surface area contributed by atoms with Crippen LogP contribution in [0.25, 0.3) is 0 Å². The SMILES string of the molecule is CC(C)(F)c1ncncc1CNc1ncc(C(F)(F)F)c(N[C@@H]2CC(O)C2(C)C)n1. The molecular weight excluding hydrogens is 404 g/mol. The lowest BCUT2D eigenvalue weighted by Crippen LogP contribution is -2.57. The summed E-state index contributed by atoms with van der Waals surface area (Å²) in [5, 5.41) is 15.5. The highest BCUT2D eigenvalue weighted by Crippen LogP contribution is 2.43. The molecule has 2 heterocycles. The monoisotopic (exact) mass is 428 g/mol. The van der Waals surface area contributed by atoms with Gasteiger partial charge in [-0.25, -0.2) is 19.3 Å². The van der Waals surface area contributed by atoms with Crippen LogP contribution >= 0.6 is 0 Å². The second kappa shape index (κ2) is 7.60. The van der Waals surface area contributed by atoms with Crippen molar-refractivity contribution >= 4 is 11.8 Å². The van der Waals surface area contributed by atoms with Crippen molar-refractivity contribution in [1.82, 2.24) is 19.9 Å². The third-order valence-corrected chi connectivity index (χ3v) is 5.41. The van der Waals surface area contributed by atoms with Gasteiger partial charge in [0, 0.05) is 36.0 Å². The Morgan fingerprint density at radius 3 is 2.43 bits per heavy atom. The molecule has 0 aromatic carbocycles. The van der Waals surface area contributed by atoms with Gasteiger partial charge in [-0.3, -0.25) is 0 Å². The number of aliphatic hydroxyl groups is 1. The standard InChI is InChI=1S/C19H24F4N6O/c1-17(2)12(5-13(17)30)28-15-11(19(21,22)23)8-26-16(29-15)25-7-10-6-24-9-27-14(10)18(3,4)20/h6,8-9,12-13,30H,5,7H2,1-4H3,(H2,25,26,28,29)/t12-,13?/m1/s1. The normalized spacial score (nSPS) is 21.1. The number of nitrogens with one attached hydrogen (secondary N) is 2. The molecule has 2 atom stereocenters. The molecule has 1 aliphatic rings. The van der Waals surface area contributed by atoms with Gasteiger partial charge in [0.2, 0.25) is 5.95 Å². The lowest BCUT2D eigenvalue weighted by molar-refractivity contribution is -0.137. The summed E-state index contributed by atoms with van der Waals surface area (Å²) in [6, 6.07) is -0.377. The molecule has 164 valence electrons. The van der Waals surface area contributed by atoms with E-state index in [0.717, 1.165) is 0 Å². The minimum Gasteiger partial charge on any atom is -0.392 e. The van der Waals surface area contributed by atoms with Crippen LogP contribution < -0.4 is 10.6 Å². The zero-order chi connectivity index (χ0) is 22.3. The Morgan fingerprint density at radius 1 is 1.17 bits per heavy atom. The van der Waals surface area contributed by atoms with Crippen molar-refractivity contribution < 1.29 is 22.7 Å². The summed E-state index contributed by atoms with van der Waals surface area (Å²) in [5.74, 6) is -0.435. The van der Waals surface area contributed by atoms with Crippen molar-refractivity contribution in [3.63, 3.8) is 0 Å². The summed E-state index contributed by atoms with van der Waals surface area (Å²) in [4.78, 5) is 15.6. The lowest BCUT2D eigenvalue weighted by Gasteiger charge is -2.49. The first-order chi connectivity index (χ1) is 13.8. The van der Waals surface area contributed by atoms with E-state index < -0.39 is 28.9 Å². The van der Waals surface area contributed by atoms with E-state index in [4.69, 9.17) is 0 Å². The summed E-state index contributed by atoms with van der Waals surface area (Å²) in [7, 11) is 0. The van der Waals surface area contributed by atoms with Gasteiger partial charge in [0.1, 0.15) is 23.4 Å². The third kappa shape index (κ3) is 4.45. The van der Waals surface area contributed by atoms with Gasteiger partial charge >= 0.3 is 6.18 Å². The average Bonchev–Trinajstić information content (AvgIpc) is 2.65. The van der Waals surface area contributed by atoms with Gasteiger partial charge in [0.25, 0.3) is 0 Å². The Labute approximate surface area is 171 Å². The quantitative estimate of drug-likeness (QED) is 0.604. The minimum atomic E-state index is -4.65. The second-order valence-corrected chi connectivity index (χ2v) is 8.45. The van der Waals surface area contributed by atoms with E-state index in [1.54, 1.807) is 13.8 Å². The molecule has 2 aromatic rings. The molecule has 0 spiro atoms. The summed E-state index contributed by atoms with van der Waals surface area (Å²) < 4.78 is 54.6. The summed E-state index contributed by atoms with van der Waals surface area (Å²) in [5.41, 5.74) is -2.71. The molecule has 0 amide bonds. The van der Waals surface area contributed by atoms with Crippen LogP contribution in [0, 0.1) is 5.41 Å². The molecule has 7 nitrogen and oxygen atoms in total. The van der Waals surface area contributed by atoms with Crippen molar-refractivity contribution in [3.8, 4) is 0 Å². The Morgan fingerprint density at radius 2 is 1.87 bits per heavy atom. The second-order valence-electron chi connectivity index (χ2n) is 8.45. The van der Waals surface area contributed by atoms with Crippen molar-refractivity contribution in [2.24, 2.45) is 5.41 Å². The first-order valence-corrected chi connectivity index (χ1v) is 9.41. The molecule has 0 radical (unpaired) electrons. The van der Waals surface area contributed by atoms with E-state index in [9.17, 15) is 22.7 Å². The Balaban J connectivity index is 1.84. The zero-order valence-electron chi connectivity index (χ0n) is 17.0. The molecule has 11 heteroatoms. The van der Waals surface area contributed by atoms with Crippen molar-refractivity contribution in [3.05, 3.63) is 35.5 Å².